The Labute approximate surface area is 114 Å². The van der Waals surface area contributed by atoms with Crippen LogP contribution in [0.4, 0.5) is 0 Å². The van der Waals surface area contributed by atoms with Crippen molar-refractivity contribution >= 4 is 34.1 Å². The van der Waals surface area contributed by atoms with Gasteiger partial charge in [-0.3, -0.25) is 9.59 Å². The highest BCUT2D eigenvalue weighted by Gasteiger charge is 2.18. The van der Waals surface area contributed by atoms with Gasteiger partial charge in [0, 0.05) is 10.8 Å². The lowest BCUT2D eigenvalue weighted by Gasteiger charge is -2.08. The fraction of sp³-hybridized carbons (Fsp3) is 0.154. The first-order valence-corrected chi connectivity index (χ1v) is 5.93. The Morgan fingerprint density at radius 3 is 2.58 bits per heavy atom. The highest BCUT2D eigenvalue weighted by molar-refractivity contribution is 6.34. The molecule has 0 saturated heterocycles. The molecule has 5 nitrogen and oxygen atoms in total. The monoisotopic (exact) mass is 278 g/mol. The van der Waals surface area contributed by atoms with E-state index in [1.807, 2.05) is 0 Å². The van der Waals surface area contributed by atoms with Crippen LogP contribution in [0.5, 0.6) is 5.75 Å². The summed E-state index contributed by atoms with van der Waals surface area (Å²) in [4.78, 5) is 26.5. The molecule has 0 aliphatic rings. The van der Waals surface area contributed by atoms with E-state index in [4.69, 9.17) is 11.6 Å². The number of aromatic nitrogens is 1. The van der Waals surface area contributed by atoms with Crippen LogP contribution in [0.15, 0.2) is 24.3 Å². The molecule has 1 heterocycles. The first-order valence-electron chi connectivity index (χ1n) is 5.55. The van der Waals surface area contributed by atoms with E-state index in [0.717, 1.165) is 0 Å². The second-order valence-electron chi connectivity index (χ2n) is 4.03. The van der Waals surface area contributed by atoms with Gasteiger partial charge in [0.05, 0.1) is 6.54 Å². The highest BCUT2D eigenvalue weighted by atomic mass is 35.5. The standard InChI is InChI=1S/C13H11ClN2O3/c1-7(17)6-15-13(19)10-11(18)8-4-2-3-5-9(8)12(14)16-10/h2-5,18H,6H2,1H3,(H,15,19). The number of Topliss-reactive ketones (excluding diaryl/α,β-unsaturated/α-hetero) is 1. The third-order valence-electron chi connectivity index (χ3n) is 2.55. The number of nitrogens with zero attached hydrogens (tertiary/aromatic N) is 1. The van der Waals surface area contributed by atoms with Gasteiger partial charge in [-0.25, -0.2) is 4.98 Å². The zero-order valence-corrected chi connectivity index (χ0v) is 10.9. The Kier molecular flexibility index (Phi) is 3.66. The van der Waals surface area contributed by atoms with E-state index >= 15 is 0 Å². The summed E-state index contributed by atoms with van der Waals surface area (Å²) >= 11 is 5.97. The van der Waals surface area contributed by atoms with Crippen LogP contribution < -0.4 is 5.32 Å². The molecule has 0 saturated carbocycles. The first-order chi connectivity index (χ1) is 9.00. The zero-order chi connectivity index (χ0) is 14.0. The van der Waals surface area contributed by atoms with E-state index in [1.54, 1.807) is 24.3 Å². The molecule has 0 bridgehead atoms. The molecule has 0 spiro atoms. The van der Waals surface area contributed by atoms with E-state index in [9.17, 15) is 14.7 Å². The van der Waals surface area contributed by atoms with Gasteiger partial charge in [-0.2, -0.15) is 0 Å². The molecule has 19 heavy (non-hydrogen) atoms. The van der Waals surface area contributed by atoms with Gasteiger partial charge in [0.2, 0.25) is 0 Å². The number of hydrogen-bond donors (Lipinski definition) is 2. The van der Waals surface area contributed by atoms with Crippen LogP contribution in [0.1, 0.15) is 17.4 Å². The lowest BCUT2D eigenvalue weighted by atomic mass is 10.1. The van der Waals surface area contributed by atoms with Crippen LogP contribution in [-0.2, 0) is 4.79 Å². The van der Waals surface area contributed by atoms with Crippen LogP contribution in [0, 0.1) is 0 Å². The number of pyridine rings is 1. The van der Waals surface area contributed by atoms with Gasteiger partial charge in [0.1, 0.15) is 10.9 Å². The first kappa shape index (κ1) is 13.3. The number of benzene rings is 1. The molecule has 2 N–H and O–H groups in total. The Morgan fingerprint density at radius 2 is 1.95 bits per heavy atom. The number of halogens is 1. The third-order valence-corrected chi connectivity index (χ3v) is 2.84. The van der Waals surface area contributed by atoms with Crippen LogP contribution in [0.25, 0.3) is 10.8 Å². The van der Waals surface area contributed by atoms with Gasteiger partial charge in [-0.05, 0) is 6.92 Å². The Bertz CT molecular complexity index is 670. The second-order valence-corrected chi connectivity index (χ2v) is 4.39. The minimum Gasteiger partial charge on any atom is -0.505 e. The van der Waals surface area contributed by atoms with Crippen molar-refractivity contribution in [2.75, 3.05) is 6.54 Å². The summed E-state index contributed by atoms with van der Waals surface area (Å²) in [6.45, 7) is 1.23. The fourth-order valence-corrected chi connectivity index (χ4v) is 1.90. The molecule has 0 atom stereocenters. The number of carbonyl (C=O) groups is 2. The minimum atomic E-state index is -0.639. The predicted molar refractivity (Wildman–Crippen MR) is 71.4 cm³/mol. The van der Waals surface area contributed by atoms with Gasteiger partial charge in [0.25, 0.3) is 5.91 Å². The van der Waals surface area contributed by atoms with Crippen LogP contribution in [0.3, 0.4) is 0 Å². The van der Waals surface area contributed by atoms with Crippen molar-refractivity contribution < 1.29 is 14.7 Å². The summed E-state index contributed by atoms with van der Waals surface area (Å²) in [5.41, 5.74) is -0.190. The van der Waals surface area contributed by atoms with Crippen molar-refractivity contribution in [3.63, 3.8) is 0 Å². The molecule has 1 amide bonds. The van der Waals surface area contributed by atoms with Crippen molar-refractivity contribution in [3.8, 4) is 5.75 Å². The molecule has 0 unspecified atom stereocenters. The summed E-state index contributed by atoms with van der Waals surface area (Å²) < 4.78 is 0. The topological polar surface area (TPSA) is 79.3 Å². The maximum absolute atomic E-state index is 11.8. The Morgan fingerprint density at radius 1 is 1.32 bits per heavy atom. The number of hydrogen-bond acceptors (Lipinski definition) is 4. The van der Waals surface area contributed by atoms with Crippen LogP contribution in [0.2, 0.25) is 5.15 Å². The van der Waals surface area contributed by atoms with Gasteiger partial charge >= 0.3 is 0 Å². The number of carbonyl (C=O) groups excluding carboxylic acids is 2. The Hall–Kier alpha value is -2.14. The van der Waals surface area contributed by atoms with Crippen molar-refractivity contribution in [3.05, 3.63) is 35.1 Å². The molecule has 0 radical (unpaired) electrons. The van der Waals surface area contributed by atoms with E-state index in [2.05, 4.69) is 10.3 Å². The molecule has 2 rings (SSSR count). The summed E-state index contributed by atoms with van der Waals surface area (Å²) in [5, 5.41) is 13.5. The van der Waals surface area contributed by atoms with Crippen molar-refractivity contribution in [2.45, 2.75) is 6.92 Å². The second kappa shape index (κ2) is 5.24. The van der Waals surface area contributed by atoms with Crippen molar-refractivity contribution in [1.82, 2.24) is 10.3 Å². The zero-order valence-electron chi connectivity index (χ0n) is 10.1. The van der Waals surface area contributed by atoms with Crippen molar-refractivity contribution in [2.24, 2.45) is 0 Å². The van der Waals surface area contributed by atoms with Gasteiger partial charge < -0.3 is 10.4 Å². The fourth-order valence-electron chi connectivity index (χ4n) is 1.66. The molecule has 0 aliphatic carbocycles. The molecular weight excluding hydrogens is 268 g/mol. The van der Waals surface area contributed by atoms with Crippen LogP contribution in [-0.4, -0.2) is 28.3 Å². The normalized spacial score (nSPS) is 10.4. The lowest BCUT2D eigenvalue weighted by molar-refractivity contribution is -0.116. The smallest absolute Gasteiger partial charge is 0.274 e. The van der Waals surface area contributed by atoms with E-state index in [1.165, 1.54) is 6.92 Å². The maximum atomic E-state index is 11.8. The van der Waals surface area contributed by atoms with Gasteiger partial charge in [-0.15, -0.1) is 0 Å². The maximum Gasteiger partial charge on any atom is 0.274 e. The molecule has 0 aliphatic heterocycles. The van der Waals surface area contributed by atoms with E-state index in [-0.39, 0.29) is 28.9 Å². The summed E-state index contributed by atoms with van der Waals surface area (Å²) in [5.74, 6) is -1.08. The highest BCUT2D eigenvalue weighted by Crippen LogP contribution is 2.31. The summed E-state index contributed by atoms with van der Waals surface area (Å²) in [6.07, 6.45) is 0. The molecule has 2 aromatic rings. The molecule has 1 aromatic heterocycles. The molecule has 1 aromatic carbocycles. The molecular formula is C13H11ClN2O3. The average molecular weight is 279 g/mol. The number of rotatable bonds is 3. The third kappa shape index (κ3) is 2.66. The van der Waals surface area contributed by atoms with E-state index in [0.29, 0.717) is 10.8 Å². The largest absolute Gasteiger partial charge is 0.505 e. The lowest BCUT2D eigenvalue weighted by Crippen LogP contribution is -2.29. The number of aromatic hydroxyl groups is 1. The average Bonchev–Trinajstić information content (AvgIpc) is 2.40. The van der Waals surface area contributed by atoms with Crippen LogP contribution >= 0.6 is 11.6 Å². The molecule has 0 fully saturated rings. The SMILES string of the molecule is CC(=O)CNC(=O)c1nc(Cl)c2ccccc2c1O. The summed E-state index contributed by atoms with van der Waals surface area (Å²) in [6, 6.07) is 6.81. The van der Waals surface area contributed by atoms with Crippen molar-refractivity contribution in [1.29, 1.82) is 0 Å². The Balaban J connectivity index is 2.47. The van der Waals surface area contributed by atoms with E-state index < -0.39 is 5.91 Å². The predicted octanol–water partition coefficient (Wildman–Crippen LogP) is 1.91. The number of fused-ring (bicyclic) bond motifs is 1. The van der Waals surface area contributed by atoms with Gasteiger partial charge in [-0.1, -0.05) is 35.9 Å². The number of nitrogens with one attached hydrogen (secondary N) is 1. The summed E-state index contributed by atoms with van der Waals surface area (Å²) in [7, 11) is 0. The quantitative estimate of drug-likeness (QED) is 0.841. The minimum absolute atomic E-state index is 0.121. The number of ketones is 1. The number of amides is 1. The molecule has 6 heteroatoms. The van der Waals surface area contributed by atoms with Gasteiger partial charge in [0.15, 0.2) is 11.4 Å². The molecule has 98 valence electrons.